The molecule has 0 radical (unpaired) electrons. The zero-order valence-corrected chi connectivity index (χ0v) is 10.1. The predicted octanol–water partition coefficient (Wildman–Crippen LogP) is 1.70. The average molecular weight is 238 g/mol. The lowest BCUT2D eigenvalue weighted by molar-refractivity contribution is 0.0957. The highest BCUT2D eigenvalue weighted by Crippen LogP contribution is 2.35. The molecule has 16 heavy (non-hydrogen) atoms. The summed E-state index contributed by atoms with van der Waals surface area (Å²) >= 11 is 1.54. The number of carbonyl (C=O) groups is 1. The van der Waals surface area contributed by atoms with Crippen LogP contribution in [-0.4, -0.2) is 30.3 Å². The summed E-state index contributed by atoms with van der Waals surface area (Å²) in [6.45, 7) is 0. The molecule has 1 aliphatic carbocycles. The number of nitrogens with zero attached hydrogens (tertiary/aromatic N) is 1. The molecule has 0 saturated heterocycles. The molecule has 86 valence electrons. The largest absolute Gasteiger partial charge is 0.488 e. The number of aromatic nitrogens is 1. The fraction of sp³-hybridized carbons (Fsp3) is 0.455. The van der Waals surface area contributed by atoms with E-state index in [0.717, 1.165) is 17.7 Å². The van der Waals surface area contributed by atoms with E-state index in [0.29, 0.717) is 11.3 Å². The number of ether oxygens (including phenoxy) is 1. The van der Waals surface area contributed by atoms with Crippen LogP contribution in [0.4, 0.5) is 0 Å². The summed E-state index contributed by atoms with van der Waals surface area (Å²) in [5.74, 6) is 0.517. The van der Waals surface area contributed by atoms with Crippen LogP contribution >= 0.6 is 11.8 Å². The van der Waals surface area contributed by atoms with Crippen molar-refractivity contribution < 1.29 is 9.53 Å². The Bertz CT molecular complexity index is 405. The summed E-state index contributed by atoms with van der Waals surface area (Å²) in [5, 5.41) is 2.60. The second-order valence-electron chi connectivity index (χ2n) is 3.61. The van der Waals surface area contributed by atoms with Gasteiger partial charge in [0.05, 0.1) is 11.0 Å². The van der Waals surface area contributed by atoms with Crippen LogP contribution in [0.15, 0.2) is 17.3 Å². The maximum absolute atomic E-state index is 11.7. The minimum absolute atomic E-state index is 0.154. The van der Waals surface area contributed by atoms with Crippen molar-refractivity contribution in [2.24, 2.45) is 0 Å². The van der Waals surface area contributed by atoms with Gasteiger partial charge in [0.15, 0.2) is 0 Å². The van der Waals surface area contributed by atoms with Crippen LogP contribution in [0.2, 0.25) is 0 Å². The Balaban J connectivity index is 2.36. The SMILES string of the molecule is CNC(=O)c1cncc(SC)c1OC1CC1. The maximum Gasteiger partial charge on any atom is 0.256 e. The Kier molecular flexibility index (Phi) is 3.33. The third-order valence-electron chi connectivity index (χ3n) is 2.36. The van der Waals surface area contributed by atoms with Gasteiger partial charge in [0.25, 0.3) is 5.91 Å². The summed E-state index contributed by atoms with van der Waals surface area (Å²) < 4.78 is 5.78. The van der Waals surface area contributed by atoms with Crippen molar-refractivity contribution in [1.29, 1.82) is 0 Å². The highest BCUT2D eigenvalue weighted by molar-refractivity contribution is 7.98. The molecule has 1 fully saturated rings. The van der Waals surface area contributed by atoms with Crippen LogP contribution < -0.4 is 10.1 Å². The number of nitrogens with one attached hydrogen (secondary N) is 1. The number of thioether (sulfide) groups is 1. The summed E-state index contributed by atoms with van der Waals surface area (Å²) in [4.78, 5) is 16.6. The average Bonchev–Trinajstić information content (AvgIpc) is 3.12. The molecular formula is C11H14N2O2S. The first-order chi connectivity index (χ1) is 7.76. The minimum atomic E-state index is -0.154. The van der Waals surface area contributed by atoms with Gasteiger partial charge in [-0.1, -0.05) is 0 Å². The van der Waals surface area contributed by atoms with Crippen molar-refractivity contribution in [3.8, 4) is 5.75 Å². The third-order valence-corrected chi connectivity index (χ3v) is 3.09. The highest BCUT2D eigenvalue weighted by atomic mass is 32.2. The molecule has 1 aromatic heterocycles. The number of rotatable bonds is 4. The maximum atomic E-state index is 11.7. The van der Waals surface area contributed by atoms with E-state index < -0.39 is 0 Å². The summed E-state index contributed by atoms with van der Waals surface area (Å²) in [6.07, 6.45) is 7.65. The van der Waals surface area contributed by atoms with E-state index in [4.69, 9.17) is 4.74 Å². The van der Waals surface area contributed by atoms with Crippen LogP contribution in [0, 0.1) is 0 Å². The van der Waals surface area contributed by atoms with E-state index in [1.54, 1.807) is 19.4 Å². The Hall–Kier alpha value is -1.23. The number of hydrogen-bond acceptors (Lipinski definition) is 4. The number of amides is 1. The number of pyridine rings is 1. The summed E-state index contributed by atoms with van der Waals surface area (Å²) in [5.41, 5.74) is 0.515. The molecule has 2 rings (SSSR count). The van der Waals surface area contributed by atoms with Crippen LogP contribution in [0.1, 0.15) is 23.2 Å². The minimum Gasteiger partial charge on any atom is -0.488 e. The van der Waals surface area contributed by atoms with Gasteiger partial charge in [0.2, 0.25) is 0 Å². The van der Waals surface area contributed by atoms with Crippen molar-refractivity contribution >= 4 is 17.7 Å². The lowest BCUT2D eigenvalue weighted by atomic mass is 10.2. The molecule has 1 heterocycles. The van der Waals surface area contributed by atoms with E-state index in [2.05, 4.69) is 10.3 Å². The van der Waals surface area contributed by atoms with Gasteiger partial charge in [-0.3, -0.25) is 9.78 Å². The third kappa shape index (κ3) is 2.29. The van der Waals surface area contributed by atoms with E-state index in [-0.39, 0.29) is 12.0 Å². The predicted molar refractivity (Wildman–Crippen MR) is 63.1 cm³/mol. The Morgan fingerprint density at radius 3 is 2.88 bits per heavy atom. The molecule has 1 N–H and O–H groups in total. The summed E-state index contributed by atoms with van der Waals surface area (Å²) in [7, 11) is 1.61. The molecule has 0 bridgehead atoms. The van der Waals surface area contributed by atoms with Crippen LogP contribution in [0.25, 0.3) is 0 Å². The molecule has 0 spiro atoms. The van der Waals surface area contributed by atoms with Gasteiger partial charge in [-0.2, -0.15) is 0 Å². The van der Waals surface area contributed by atoms with Crippen molar-refractivity contribution in [1.82, 2.24) is 10.3 Å². The number of carbonyl (C=O) groups excluding carboxylic acids is 1. The normalized spacial score (nSPS) is 14.6. The van der Waals surface area contributed by atoms with E-state index >= 15 is 0 Å². The first-order valence-corrected chi connectivity index (χ1v) is 6.39. The lowest BCUT2D eigenvalue weighted by Crippen LogP contribution is -2.19. The molecule has 5 heteroatoms. The molecule has 0 unspecified atom stereocenters. The zero-order chi connectivity index (χ0) is 11.5. The van der Waals surface area contributed by atoms with Gasteiger partial charge in [0, 0.05) is 19.4 Å². The van der Waals surface area contributed by atoms with E-state index in [1.165, 1.54) is 11.8 Å². The van der Waals surface area contributed by atoms with Crippen LogP contribution in [0.5, 0.6) is 5.75 Å². The lowest BCUT2D eigenvalue weighted by Gasteiger charge is -2.12. The number of hydrogen-bond donors (Lipinski definition) is 1. The molecule has 1 aromatic rings. The second-order valence-corrected chi connectivity index (χ2v) is 4.46. The van der Waals surface area contributed by atoms with Gasteiger partial charge in [-0.05, 0) is 19.1 Å². The smallest absolute Gasteiger partial charge is 0.256 e. The Morgan fingerprint density at radius 1 is 1.56 bits per heavy atom. The molecule has 1 saturated carbocycles. The van der Waals surface area contributed by atoms with Crippen molar-refractivity contribution in [3.63, 3.8) is 0 Å². The first-order valence-electron chi connectivity index (χ1n) is 5.17. The molecule has 0 aliphatic heterocycles. The van der Waals surface area contributed by atoms with Crippen molar-refractivity contribution in [3.05, 3.63) is 18.0 Å². The second kappa shape index (κ2) is 4.74. The van der Waals surface area contributed by atoms with Gasteiger partial charge in [-0.15, -0.1) is 11.8 Å². The quantitative estimate of drug-likeness (QED) is 0.811. The highest BCUT2D eigenvalue weighted by Gasteiger charge is 2.27. The van der Waals surface area contributed by atoms with E-state index in [9.17, 15) is 4.79 Å². The molecule has 0 atom stereocenters. The van der Waals surface area contributed by atoms with Crippen LogP contribution in [0.3, 0.4) is 0 Å². The van der Waals surface area contributed by atoms with Crippen molar-refractivity contribution in [2.45, 2.75) is 23.8 Å². The zero-order valence-electron chi connectivity index (χ0n) is 9.32. The topological polar surface area (TPSA) is 51.2 Å². The fourth-order valence-electron chi connectivity index (χ4n) is 1.35. The Morgan fingerprint density at radius 2 is 2.31 bits per heavy atom. The van der Waals surface area contributed by atoms with Gasteiger partial charge >= 0.3 is 0 Å². The standard InChI is InChI=1S/C11H14N2O2S/c1-12-11(14)8-5-13-6-9(16-2)10(8)15-7-3-4-7/h5-7H,3-4H2,1-2H3,(H,12,14). The first kappa shape index (κ1) is 11.3. The van der Waals surface area contributed by atoms with Gasteiger partial charge in [-0.25, -0.2) is 0 Å². The monoisotopic (exact) mass is 238 g/mol. The van der Waals surface area contributed by atoms with E-state index in [1.807, 2.05) is 6.26 Å². The fourth-order valence-corrected chi connectivity index (χ4v) is 1.86. The van der Waals surface area contributed by atoms with Gasteiger partial charge in [0.1, 0.15) is 11.3 Å². The van der Waals surface area contributed by atoms with Crippen molar-refractivity contribution in [2.75, 3.05) is 13.3 Å². The molecule has 1 aliphatic rings. The molecule has 1 amide bonds. The Labute approximate surface area is 98.8 Å². The van der Waals surface area contributed by atoms with Gasteiger partial charge < -0.3 is 10.1 Å². The molecule has 4 nitrogen and oxygen atoms in total. The molecule has 0 aromatic carbocycles. The molecular weight excluding hydrogens is 224 g/mol. The summed E-state index contributed by atoms with van der Waals surface area (Å²) in [6, 6.07) is 0. The van der Waals surface area contributed by atoms with Crippen LogP contribution in [-0.2, 0) is 0 Å².